The summed E-state index contributed by atoms with van der Waals surface area (Å²) < 4.78 is 13.3. The van der Waals surface area contributed by atoms with E-state index in [4.69, 9.17) is 0 Å². The van der Waals surface area contributed by atoms with Gasteiger partial charge in [-0.2, -0.15) is 5.10 Å². The summed E-state index contributed by atoms with van der Waals surface area (Å²) >= 11 is 0. The van der Waals surface area contributed by atoms with Crippen LogP contribution >= 0.6 is 0 Å². The van der Waals surface area contributed by atoms with E-state index in [0.29, 0.717) is 11.5 Å². The maximum atomic E-state index is 13.3. The lowest BCUT2D eigenvalue weighted by atomic mass is 10.2. The first-order valence-corrected chi connectivity index (χ1v) is 5.90. The fourth-order valence-corrected chi connectivity index (χ4v) is 2.23. The van der Waals surface area contributed by atoms with Crippen LogP contribution in [0.1, 0.15) is 0 Å². The minimum Gasteiger partial charge on any atom is -0.337 e. The molecule has 0 aliphatic carbocycles. The highest BCUT2D eigenvalue weighted by atomic mass is 19.1. The van der Waals surface area contributed by atoms with Crippen LogP contribution in [0.15, 0.2) is 42.5 Å². The molecule has 0 aliphatic rings. The minimum absolute atomic E-state index is 0.286. The van der Waals surface area contributed by atoms with E-state index >= 15 is 0 Å². The second-order valence-electron chi connectivity index (χ2n) is 4.36. The summed E-state index contributed by atoms with van der Waals surface area (Å²) in [7, 11) is 0. The van der Waals surface area contributed by atoms with Gasteiger partial charge in [-0.1, -0.05) is 12.1 Å². The third kappa shape index (κ3) is 1.52. The molecule has 0 unspecified atom stereocenters. The molecule has 92 valence electrons. The number of nitrogens with zero attached hydrogens (tertiary/aromatic N) is 2. The SMILES string of the molecule is Fc1ccc2[nH]nc(-c3nc4ccccc4[nH]3)c2c1. The third-order valence-electron chi connectivity index (χ3n) is 3.14. The van der Waals surface area contributed by atoms with E-state index in [9.17, 15) is 4.39 Å². The van der Waals surface area contributed by atoms with Gasteiger partial charge >= 0.3 is 0 Å². The van der Waals surface area contributed by atoms with Crippen LogP contribution in [0.4, 0.5) is 4.39 Å². The first-order chi connectivity index (χ1) is 9.31. The Balaban J connectivity index is 2.00. The van der Waals surface area contributed by atoms with Gasteiger partial charge in [0.25, 0.3) is 0 Å². The molecule has 5 heteroatoms. The number of halogens is 1. The van der Waals surface area contributed by atoms with Gasteiger partial charge in [-0.15, -0.1) is 0 Å². The summed E-state index contributed by atoms with van der Waals surface area (Å²) in [4.78, 5) is 7.67. The Morgan fingerprint density at radius 2 is 1.89 bits per heavy atom. The monoisotopic (exact) mass is 252 g/mol. The van der Waals surface area contributed by atoms with Gasteiger partial charge in [0.15, 0.2) is 5.82 Å². The first-order valence-electron chi connectivity index (χ1n) is 5.90. The van der Waals surface area contributed by atoms with Gasteiger partial charge in [-0.25, -0.2) is 9.37 Å². The van der Waals surface area contributed by atoms with Crippen LogP contribution in [-0.2, 0) is 0 Å². The molecule has 0 aliphatic heterocycles. The van der Waals surface area contributed by atoms with E-state index < -0.39 is 0 Å². The molecule has 0 spiro atoms. The zero-order valence-corrected chi connectivity index (χ0v) is 9.81. The molecule has 2 N–H and O–H groups in total. The molecule has 19 heavy (non-hydrogen) atoms. The number of H-pyrrole nitrogens is 2. The van der Waals surface area contributed by atoms with Crippen molar-refractivity contribution in [1.82, 2.24) is 20.2 Å². The zero-order valence-electron chi connectivity index (χ0n) is 9.81. The van der Waals surface area contributed by atoms with Crippen LogP contribution in [-0.4, -0.2) is 20.2 Å². The molecule has 0 bridgehead atoms. The Labute approximate surface area is 107 Å². The molecule has 2 aromatic heterocycles. The molecule has 0 amide bonds. The first kappa shape index (κ1) is 10.3. The zero-order chi connectivity index (χ0) is 12.8. The number of aromatic nitrogens is 4. The summed E-state index contributed by atoms with van der Waals surface area (Å²) in [5, 5.41) is 7.82. The fourth-order valence-electron chi connectivity index (χ4n) is 2.23. The molecule has 0 saturated heterocycles. The predicted octanol–water partition coefficient (Wildman–Crippen LogP) is 3.25. The summed E-state index contributed by atoms with van der Waals surface area (Å²) in [5.74, 6) is 0.351. The van der Waals surface area contributed by atoms with Gasteiger partial charge in [0, 0.05) is 5.39 Å². The van der Waals surface area contributed by atoms with E-state index in [-0.39, 0.29) is 5.82 Å². The summed E-state index contributed by atoms with van der Waals surface area (Å²) in [5.41, 5.74) is 3.22. The molecule has 0 saturated carbocycles. The van der Waals surface area contributed by atoms with Crippen LogP contribution < -0.4 is 0 Å². The van der Waals surface area contributed by atoms with Gasteiger partial charge in [0.05, 0.1) is 16.6 Å². The molecule has 0 radical (unpaired) electrons. The number of rotatable bonds is 1. The molecule has 0 atom stereocenters. The Bertz CT molecular complexity index is 858. The normalized spacial score (nSPS) is 11.4. The van der Waals surface area contributed by atoms with Crippen molar-refractivity contribution in [3.05, 3.63) is 48.3 Å². The minimum atomic E-state index is -0.286. The number of fused-ring (bicyclic) bond motifs is 2. The number of benzene rings is 2. The van der Waals surface area contributed by atoms with E-state index in [1.165, 1.54) is 12.1 Å². The summed E-state index contributed by atoms with van der Waals surface area (Å²) in [6, 6.07) is 12.3. The van der Waals surface area contributed by atoms with Crippen LogP contribution in [0.5, 0.6) is 0 Å². The Hall–Kier alpha value is -2.69. The van der Waals surface area contributed by atoms with Crippen molar-refractivity contribution < 1.29 is 4.39 Å². The van der Waals surface area contributed by atoms with E-state index in [1.807, 2.05) is 24.3 Å². The van der Waals surface area contributed by atoms with Crippen LogP contribution in [0, 0.1) is 5.82 Å². The van der Waals surface area contributed by atoms with E-state index in [2.05, 4.69) is 20.2 Å². The Kier molecular flexibility index (Phi) is 1.97. The van der Waals surface area contributed by atoms with Gasteiger partial charge in [-0.3, -0.25) is 5.10 Å². The molecule has 4 aromatic rings. The second kappa shape index (κ2) is 3.65. The van der Waals surface area contributed by atoms with Crippen molar-refractivity contribution in [2.24, 2.45) is 0 Å². The van der Waals surface area contributed by atoms with Gasteiger partial charge in [0.1, 0.15) is 11.5 Å². The van der Waals surface area contributed by atoms with E-state index in [1.54, 1.807) is 6.07 Å². The smallest absolute Gasteiger partial charge is 0.159 e. The van der Waals surface area contributed by atoms with Crippen LogP contribution in [0.2, 0.25) is 0 Å². The summed E-state index contributed by atoms with van der Waals surface area (Å²) in [6.45, 7) is 0. The molecule has 0 fully saturated rings. The maximum Gasteiger partial charge on any atom is 0.159 e. The molecule has 4 rings (SSSR count). The molecule has 4 nitrogen and oxygen atoms in total. The Morgan fingerprint density at radius 1 is 1.00 bits per heavy atom. The third-order valence-corrected chi connectivity index (χ3v) is 3.14. The largest absolute Gasteiger partial charge is 0.337 e. The molecule has 2 heterocycles. The maximum absolute atomic E-state index is 13.3. The van der Waals surface area contributed by atoms with Crippen LogP contribution in [0.25, 0.3) is 33.5 Å². The number of hydrogen-bond acceptors (Lipinski definition) is 2. The molecule has 2 aromatic carbocycles. The van der Waals surface area contributed by atoms with Crippen molar-refractivity contribution in [3.63, 3.8) is 0 Å². The van der Waals surface area contributed by atoms with Gasteiger partial charge < -0.3 is 4.98 Å². The van der Waals surface area contributed by atoms with Crippen LogP contribution in [0.3, 0.4) is 0 Å². The van der Waals surface area contributed by atoms with E-state index in [0.717, 1.165) is 21.9 Å². The number of nitrogens with one attached hydrogen (secondary N) is 2. The van der Waals surface area contributed by atoms with Gasteiger partial charge in [-0.05, 0) is 30.3 Å². The topological polar surface area (TPSA) is 57.4 Å². The quantitative estimate of drug-likeness (QED) is 0.546. The summed E-state index contributed by atoms with van der Waals surface area (Å²) in [6.07, 6.45) is 0. The average molecular weight is 252 g/mol. The number of hydrogen-bond donors (Lipinski definition) is 2. The van der Waals surface area contributed by atoms with Crippen molar-refractivity contribution in [1.29, 1.82) is 0 Å². The molecular weight excluding hydrogens is 243 g/mol. The highest BCUT2D eigenvalue weighted by molar-refractivity contribution is 5.92. The highest BCUT2D eigenvalue weighted by Crippen LogP contribution is 2.26. The van der Waals surface area contributed by atoms with Crippen molar-refractivity contribution >= 4 is 21.9 Å². The van der Waals surface area contributed by atoms with Crippen molar-refractivity contribution in [2.75, 3.05) is 0 Å². The lowest BCUT2D eigenvalue weighted by molar-refractivity contribution is 0.630. The lowest BCUT2D eigenvalue weighted by Gasteiger charge is -1.92. The average Bonchev–Trinajstić information content (AvgIpc) is 3.00. The Morgan fingerprint density at radius 3 is 2.79 bits per heavy atom. The van der Waals surface area contributed by atoms with Gasteiger partial charge in [0.2, 0.25) is 0 Å². The predicted molar refractivity (Wildman–Crippen MR) is 71.1 cm³/mol. The highest BCUT2D eigenvalue weighted by Gasteiger charge is 2.12. The standard InChI is InChI=1S/C14H9FN4/c15-8-5-6-10-9(7-8)13(19-18-10)14-16-11-3-1-2-4-12(11)17-14/h1-7H,(H,16,17)(H,18,19). The van der Waals surface area contributed by atoms with Crippen molar-refractivity contribution in [2.45, 2.75) is 0 Å². The second-order valence-corrected chi connectivity index (χ2v) is 4.36. The fraction of sp³-hybridized carbons (Fsp3) is 0. The lowest BCUT2D eigenvalue weighted by Crippen LogP contribution is -1.81. The molecular formula is C14H9FN4. The number of aromatic amines is 2. The number of para-hydroxylation sites is 2. The number of imidazole rings is 1. The van der Waals surface area contributed by atoms with Crippen molar-refractivity contribution in [3.8, 4) is 11.5 Å².